The zero-order valence-electron chi connectivity index (χ0n) is 13.7. The monoisotopic (exact) mass is 359 g/mol. The summed E-state index contributed by atoms with van der Waals surface area (Å²) in [5, 5.41) is 13.1. The van der Waals surface area contributed by atoms with Crippen molar-refractivity contribution >= 4 is 28.9 Å². The van der Waals surface area contributed by atoms with E-state index in [1.54, 1.807) is 29.2 Å². The van der Waals surface area contributed by atoms with Gasteiger partial charge in [0.1, 0.15) is 6.17 Å². The Bertz CT molecular complexity index is 1010. The van der Waals surface area contributed by atoms with Gasteiger partial charge in [0.15, 0.2) is 0 Å². The van der Waals surface area contributed by atoms with Crippen LogP contribution in [0.1, 0.15) is 27.7 Å². The van der Waals surface area contributed by atoms with Gasteiger partial charge >= 0.3 is 0 Å². The Morgan fingerprint density at radius 1 is 0.962 bits per heavy atom. The number of rotatable bonds is 2. The van der Waals surface area contributed by atoms with Crippen molar-refractivity contribution in [2.24, 2.45) is 0 Å². The van der Waals surface area contributed by atoms with E-state index in [0.717, 1.165) is 16.9 Å². The maximum absolute atomic E-state index is 13.2. The number of hydrogen-bond donors (Lipinski definition) is 1. The van der Waals surface area contributed by atoms with Crippen LogP contribution in [0.4, 0.5) is 11.4 Å². The Balaban J connectivity index is 1.84. The van der Waals surface area contributed by atoms with E-state index in [1.165, 1.54) is 0 Å². The number of halogens is 1. The summed E-state index contributed by atoms with van der Waals surface area (Å²) in [5.74, 6) is -0.0870. The smallest absolute Gasteiger partial charge is 0.262 e. The average Bonchev–Trinajstić information content (AvgIpc) is 2.69. The fourth-order valence-electron chi connectivity index (χ4n) is 3.09. The number of nitrogens with one attached hydrogen (secondary N) is 1. The molecule has 1 N–H and O–H groups in total. The quantitative estimate of drug-likeness (QED) is 0.701. The molecule has 0 aliphatic carbocycles. The molecule has 26 heavy (non-hydrogen) atoms. The molecule has 4 nitrogen and oxygen atoms in total. The second-order valence-electron chi connectivity index (χ2n) is 5.98. The van der Waals surface area contributed by atoms with Gasteiger partial charge in [0.25, 0.3) is 5.91 Å². The molecule has 1 aliphatic rings. The summed E-state index contributed by atoms with van der Waals surface area (Å²) in [7, 11) is 0. The predicted molar refractivity (Wildman–Crippen MR) is 102 cm³/mol. The van der Waals surface area contributed by atoms with Gasteiger partial charge in [0.2, 0.25) is 0 Å². The summed E-state index contributed by atoms with van der Waals surface area (Å²) in [5.41, 5.74) is 3.62. The van der Waals surface area contributed by atoms with E-state index < -0.39 is 0 Å². The molecule has 0 bridgehead atoms. The third kappa shape index (κ3) is 2.79. The van der Waals surface area contributed by atoms with Crippen molar-refractivity contribution in [1.29, 1.82) is 5.26 Å². The lowest BCUT2D eigenvalue weighted by Gasteiger charge is -2.38. The van der Waals surface area contributed by atoms with Gasteiger partial charge < -0.3 is 5.32 Å². The molecule has 3 aromatic rings. The zero-order chi connectivity index (χ0) is 18.1. The van der Waals surface area contributed by atoms with Crippen molar-refractivity contribution in [1.82, 2.24) is 0 Å². The first-order valence-corrected chi connectivity index (χ1v) is 8.50. The maximum atomic E-state index is 13.2. The van der Waals surface area contributed by atoms with Gasteiger partial charge in [0, 0.05) is 16.4 Å². The molecule has 0 saturated carbocycles. The first-order valence-electron chi connectivity index (χ1n) is 8.12. The molecular formula is C21H14ClN3O. The number of carbonyl (C=O) groups excluding carboxylic acids is 1. The molecule has 0 aromatic heterocycles. The summed E-state index contributed by atoms with van der Waals surface area (Å²) >= 11 is 6.01. The number of carbonyl (C=O) groups is 1. The van der Waals surface area contributed by atoms with Crippen molar-refractivity contribution in [2.75, 3.05) is 10.2 Å². The third-order valence-corrected chi connectivity index (χ3v) is 4.64. The van der Waals surface area contributed by atoms with Crippen LogP contribution in [-0.4, -0.2) is 5.91 Å². The number of para-hydroxylation sites is 1. The molecule has 0 fully saturated rings. The Morgan fingerprint density at radius 3 is 2.35 bits per heavy atom. The second-order valence-corrected chi connectivity index (χ2v) is 6.41. The number of nitriles is 1. The number of fused-ring (bicyclic) bond motifs is 1. The predicted octanol–water partition coefficient (Wildman–Crippen LogP) is 4.98. The zero-order valence-corrected chi connectivity index (χ0v) is 14.4. The lowest BCUT2D eigenvalue weighted by molar-refractivity contribution is 0.0975. The van der Waals surface area contributed by atoms with E-state index in [9.17, 15) is 4.79 Å². The molecule has 5 heteroatoms. The Kier molecular flexibility index (Phi) is 4.08. The molecule has 3 aromatic carbocycles. The standard InChI is InChI=1S/C21H14ClN3O/c22-16-9-11-17(12-10-16)25-20(15-7-5-14(13-23)6-8-15)24-19-4-2-1-3-18(19)21(25)26/h1-12,20,24H/t20-/m1/s1. The maximum Gasteiger partial charge on any atom is 0.262 e. The number of hydrogen-bond acceptors (Lipinski definition) is 3. The Hall–Kier alpha value is -3.29. The molecule has 0 spiro atoms. The molecule has 1 atom stereocenters. The van der Waals surface area contributed by atoms with Crippen LogP contribution in [0, 0.1) is 11.3 Å². The molecule has 0 saturated heterocycles. The third-order valence-electron chi connectivity index (χ3n) is 4.39. The SMILES string of the molecule is N#Cc1ccc([C@@H]2Nc3ccccc3C(=O)N2c2ccc(Cl)cc2)cc1. The van der Waals surface area contributed by atoms with Crippen molar-refractivity contribution in [3.63, 3.8) is 0 Å². The first kappa shape index (κ1) is 16.2. The second kappa shape index (κ2) is 6.55. The molecular weight excluding hydrogens is 346 g/mol. The van der Waals surface area contributed by atoms with E-state index in [4.69, 9.17) is 16.9 Å². The summed E-state index contributed by atoms with van der Waals surface area (Å²) in [6, 6.07) is 24.0. The van der Waals surface area contributed by atoms with E-state index in [2.05, 4.69) is 11.4 Å². The minimum absolute atomic E-state index is 0.0870. The lowest BCUT2D eigenvalue weighted by atomic mass is 10.0. The van der Waals surface area contributed by atoms with Crippen molar-refractivity contribution < 1.29 is 4.79 Å². The van der Waals surface area contributed by atoms with Crippen molar-refractivity contribution in [3.05, 3.63) is 94.5 Å². The highest BCUT2D eigenvalue weighted by Crippen LogP contribution is 2.36. The van der Waals surface area contributed by atoms with Crippen LogP contribution >= 0.6 is 11.6 Å². The van der Waals surface area contributed by atoms with Crippen LogP contribution in [0.15, 0.2) is 72.8 Å². The van der Waals surface area contributed by atoms with Gasteiger partial charge in [-0.05, 0) is 54.1 Å². The molecule has 1 amide bonds. The molecule has 1 heterocycles. The fourth-order valence-corrected chi connectivity index (χ4v) is 3.22. The van der Waals surface area contributed by atoms with Gasteiger partial charge in [-0.3, -0.25) is 9.69 Å². The molecule has 1 aliphatic heterocycles. The highest BCUT2D eigenvalue weighted by molar-refractivity contribution is 6.30. The fraction of sp³-hybridized carbons (Fsp3) is 0.0476. The average molecular weight is 360 g/mol. The van der Waals surface area contributed by atoms with Crippen LogP contribution in [0.5, 0.6) is 0 Å². The van der Waals surface area contributed by atoms with Crippen LogP contribution in [0.25, 0.3) is 0 Å². The normalized spacial score (nSPS) is 15.8. The van der Waals surface area contributed by atoms with Gasteiger partial charge in [0.05, 0.1) is 17.2 Å². The van der Waals surface area contributed by atoms with Crippen LogP contribution < -0.4 is 10.2 Å². The van der Waals surface area contributed by atoms with Crippen LogP contribution in [0.2, 0.25) is 5.02 Å². The number of amides is 1. The van der Waals surface area contributed by atoms with Crippen LogP contribution in [0.3, 0.4) is 0 Å². The number of nitrogens with zero attached hydrogens (tertiary/aromatic N) is 2. The molecule has 0 radical (unpaired) electrons. The highest BCUT2D eigenvalue weighted by atomic mass is 35.5. The minimum atomic E-state index is -0.383. The van der Waals surface area contributed by atoms with Gasteiger partial charge in [-0.15, -0.1) is 0 Å². The molecule has 126 valence electrons. The van der Waals surface area contributed by atoms with E-state index in [0.29, 0.717) is 16.1 Å². The molecule has 0 unspecified atom stereocenters. The molecule has 4 rings (SSSR count). The van der Waals surface area contributed by atoms with Crippen molar-refractivity contribution in [2.45, 2.75) is 6.17 Å². The summed E-state index contributed by atoms with van der Waals surface area (Å²) in [6.07, 6.45) is -0.383. The summed E-state index contributed by atoms with van der Waals surface area (Å²) in [6.45, 7) is 0. The Labute approximate surface area is 156 Å². The number of anilines is 2. The minimum Gasteiger partial charge on any atom is -0.360 e. The lowest BCUT2D eigenvalue weighted by Crippen LogP contribution is -2.43. The van der Waals surface area contributed by atoms with Gasteiger partial charge in [-0.25, -0.2) is 0 Å². The number of benzene rings is 3. The van der Waals surface area contributed by atoms with E-state index in [1.807, 2.05) is 48.5 Å². The summed E-state index contributed by atoms with van der Waals surface area (Å²) < 4.78 is 0. The topological polar surface area (TPSA) is 56.1 Å². The van der Waals surface area contributed by atoms with Gasteiger partial charge in [-0.1, -0.05) is 35.9 Å². The van der Waals surface area contributed by atoms with E-state index in [-0.39, 0.29) is 12.1 Å². The van der Waals surface area contributed by atoms with Crippen LogP contribution in [-0.2, 0) is 0 Å². The Morgan fingerprint density at radius 2 is 1.65 bits per heavy atom. The largest absolute Gasteiger partial charge is 0.360 e. The highest BCUT2D eigenvalue weighted by Gasteiger charge is 2.33. The van der Waals surface area contributed by atoms with E-state index >= 15 is 0 Å². The summed E-state index contributed by atoms with van der Waals surface area (Å²) in [4.78, 5) is 14.9. The van der Waals surface area contributed by atoms with Gasteiger partial charge in [-0.2, -0.15) is 5.26 Å². The van der Waals surface area contributed by atoms with Crippen molar-refractivity contribution in [3.8, 4) is 6.07 Å². The first-order chi connectivity index (χ1) is 12.7.